The highest BCUT2D eigenvalue weighted by molar-refractivity contribution is 5.26. The smallest absolute Gasteiger partial charge is 0.187 e. The molecule has 1 saturated heterocycles. The SMILES string of the molecule is CC(C)CCC[C@@H](C)[C@H]1CC[C@H]2[C@@H]3CC=C4C[C@@H](OC5O[C@H](COCc6ccccc6)[C@@H](OCc6ccccc6)[C@H](O)[C@H]5OCc5ccccc5)CC[C@]4(C)[C@H]3CC[C@]12C. The van der Waals surface area contributed by atoms with Crippen LogP contribution in [0.1, 0.15) is 122 Å². The van der Waals surface area contributed by atoms with Gasteiger partial charge in [0, 0.05) is 0 Å². The van der Waals surface area contributed by atoms with E-state index in [2.05, 4.69) is 65.0 Å². The number of aliphatic hydroxyl groups is 1. The fraction of sp³-hybridized carbons (Fsp3) is 0.630. The molecular formula is C54H74O6. The van der Waals surface area contributed by atoms with E-state index in [-0.39, 0.29) is 18.1 Å². The van der Waals surface area contributed by atoms with Crippen molar-refractivity contribution in [1.29, 1.82) is 0 Å². The number of benzene rings is 3. The summed E-state index contributed by atoms with van der Waals surface area (Å²) in [5.41, 5.74) is 5.44. The minimum Gasteiger partial charge on any atom is -0.387 e. The van der Waals surface area contributed by atoms with Crippen LogP contribution in [0.15, 0.2) is 103 Å². The second-order valence-corrected chi connectivity index (χ2v) is 20.3. The molecule has 0 amide bonds. The zero-order chi connectivity index (χ0) is 41.7. The monoisotopic (exact) mass is 819 g/mol. The van der Waals surface area contributed by atoms with Crippen molar-refractivity contribution in [1.82, 2.24) is 0 Å². The zero-order valence-electron chi connectivity index (χ0n) is 37.3. The lowest BCUT2D eigenvalue weighted by Gasteiger charge is -2.58. The number of allylic oxidation sites excluding steroid dienone is 1. The van der Waals surface area contributed by atoms with E-state index in [9.17, 15) is 5.11 Å². The maximum absolute atomic E-state index is 12.3. The molecule has 1 unspecified atom stereocenters. The molecule has 326 valence electrons. The summed E-state index contributed by atoms with van der Waals surface area (Å²) in [7, 11) is 0. The number of rotatable bonds is 17. The quantitative estimate of drug-likeness (QED) is 0.137. The molecule has 5 aliphatic rings. The fourth-order valence-corrected chi connectivity index (χ4v) is 12.9. The molecule has 6 heteroatoms. The second-order valence-electron chi connectivity index (χ2n) is 20.3. The van der Waals surface area contributed by atoms with Gasteiger partial charge in [0.1, 0.15) is 24.4 Å². The second kappa shape index (κ2) is 19.7. The molecule has 0 bridgehead atoms. The first-order valence-corrected chi connectivity index (χ1v) is 23.7. The molecule has 3 aromatic carbocycles. The molecule has 60 heavy (non-hydrogen) atoms. The van der Waals surface area contributed by atoms with E-state index in [0.717, 1.165) is 71.5 Å². The summed E-state index contributed by atoms with van der Waals surface area (Å²) >= 11 is 0. The van der Waals surface area contributed by atoms with Gasteiger partial charge in [0.05, 0.1) is 32.5 Å². The molecule has 4 aliphatic carbocycles. The number of ether oxygens (including phenoxy) is 5. The molecule has 1 heterocycles. The standard InChI is InChI=1S/C54H74O6/c1-37(2)16-15-17-38(3)45-26-27-46-44-25-24-42-32-43(28-30-53(42,4)47(44)29-31-54(45,46)5)59-52-51(58-35-41-22-13-8-14-23-41)49(55)50(57-34-40-20-11-7-12-21-40)48(60-52)36-56-33-39-18-9-6-10-19-39/h6-14,18-24,37-38,43-52,55H,15-17,25-36H2,1-5H3/t38-,43+,44+,45-,46+,47+,48-,49+,50-,51-,52?,53+,54-/m1/s1. The van der Waals surface area contributed by atoms with Gasteiger partial charge in [0.15, 0.2) is 6.29 Å². The van der Waals surface area contributed by atoms with Crippen LogP contribution >= 0.6 is 0 Å². The van der Waals surface area contributed by atoms with Crippen LogP contribution in [0.3, 0.4) is 0 Å². The Hall–Kier alpha value is -2.84. The van der Waals surface area contributed by atoms with Crippen molar-refractivity contribution in [2.75, 3.05) is 6.61 Å². The van der Waals surface area contributed by atoms with Gasteiger partial charge in [-0.1, -0.05) is 157 Å². The predicted molar refractivity (Wildman–Crippen MR) is 239 cm³/mol. The first-order chi connectivity index (χ1) is 29.1. The minimum atomic E-state index is -0.991. The van der Waals surface area contributed by atoms with Crippen LogP contribution in [0.4, 0.5) is 0 Å². The summed E-state index contributed by atoms with van der Waals surface area (Å²) in [4.78, 5) is 0. The van der Waals surface area contributed by atoms with Crippen molar-refractivity contribution in [2.24, 2.45) is 46.3 Å². The third-order valence-electron chi connectivity index (χ3n) is 16.2. The molecule has 0 radical (unpaired) electrons. The highest BCUT2D eigenvalue weighted by Gasteiger charge is 2.59. The lowest BCUT2D eigenvalue weighted by Crippen LogP contribution is -2.61. The van der Waals surface area contributed by atoms with Gasteiger partial charge < -0.3 is 28.8 Å². The van der Waals surface area contributed by atoms with Gasteiger partial charge in [-0.2, -0.15) is 0 Å². The van der Waals surface area contributed by atoms with Gasteiger partial charge in [0.25, 0.3) is 0 Å². The van der Waals surface area contributed by atoms with E-state index in [4.69, 9.17) is 23.7 Å². The summed E-state index contributed by atoms with van der Waals surface area (Å²) < 4.78 is 33.4. The van der Waals surface area contributed by atoms with Crippen LogP contribution in [0, 0.1) is 46.3 Å². The Morgan fingerprint density at radius 3 is 2.00 bits per heavy atom. The highest BCUT2D eigenvalue weighted by atomic mass is 16.7. The van der Waals surface area contributed by atoms with Crippen LogP contribution in [0.25, 0.3) is 0 Å². The van der Waals surface area contributed by atoms with E-state index in [0.29, 0.717) is 25.2 Å². The van der Waals surface area contributed by atoms with E-state index in [1.165, 1.54) is 51.4 Å². The predicted octanol–water partition coefficient (Wildman–Crippen LogP) is 11.9. The Labute approximate surface area is 361 Å². The topological polar surface area (TPSA) is 66.4 Å². The van der Waals surface area contributed by atoms with Gasteiger partial charge >= 0.3 is 0 Å². The van der Waals surface area contributed by atoms with Crippen LogP contribution in [-0.2, 0) is 43.5 Å². The lowest BCUT2D eigenvalue weighted by atomic mass is 9.47. The Morgan fingerprint density at radius 1 is 0.717 bits per heavy atom. The fourth-order valence-electron chi connectivity index (χ4n) is 12.9. The molecular weight excluding hydrogens is 745 g/mol. The maximum Gasteiger partial charge on any atom is 0.187 e. The molecule has 1 N–H and O–H groups in total. The van der Waals surface area contributed by atoms with Crippen molar-refractivity contribution in [3.63, 3.8) is 0 Å². The average Bonchev–Trinajstić information content (AvgIpc) is 3.62. The Balaban J connectivity index is 0.974. The van der Waals surface area contributed by atoms with Crippen LogP contribution in [0.2, 0.25) is 0 Å². The molecule has 6 nitrogen and oxygen atoms in total. The van der Waals surface area contributed by atoms with Crippen LogP contribution in [-0.4, -0.2) is 48.5 Å². The average molecular weight is 819 g/mol. The maximum atomic E-state index is 12.3. The lowest BCUT2D eigenvalue weighted by molar-refractivity contribution is -0.330. The van der Waals surface area contributed by atoms with E-state index in [1.807, 2.05) is 66.7 Å². The van der Waals surface area contributed by atoms with E-state index >= 15 is 0 Å². The normalized spacial score (nSPS) is 35.6. The Morgan fingerprint density at radius 2 is 1.35 bits per heavy atom. The number of hydrogen-bond acceptors (Lipinski definition) is 6. The highest BCUT2D eigenvalue weighted by Crippen LogP contribution is 2.67. The van der Waals surface area contributed by atoms with Crippen molar-refractivity contribution >= 4 is 0 Å². The van der Waals surface area contributed by atoms with Crippen LogP contribution < -0.4 is 0 Å². The molecule has 3 saturated carbocycles. The third-order valence-corrected chi connectivity index (χ3v) is 16.2. The van der Waals surface area contributed by atoms with Gasteiger partial charge in [-0.3, -0.25) is 0 Å². The molecule has 0 spiro atoms. The van der Waals surface area contributed by atoms with Crippen molar-refractivity contribution in [3.05, 3.63) is 119 Å². The Kier molecular flexibility index (Phi) is 14.4. The summed E-state index contributed by atoms with van der Waals surface area (Å²) in [6.45, 7) is 14.0. The first-order valence-electron chi connectivity index (χ1n) is 23.7. The van der Waals surface area contributed by atoms with Gasteiger partial charge in [-0.25, -0.2) is 0 Å². The van der Waals surface area contributed by atoms with Crippen LogP contribution in [0.5, 0.6) is 0 Å². The van der Waals surface area contributed by atoms with E-state index < -0.39 is 30.7 Å². The largest absolute Gasteiger partial charge is 0.387 e. The number of aliphatic hydroxyl groups excluding tert-OH is 1. The van der Waals surface area contributed by atoms with Crippen molar-refractivity contribution < 1.29 is 28.8 Å². The molecule has 0 aromatic heterocycles. The van der Waals surface area contributed by atoms with Crippen molar-refractivity contribution in [2.45, 2.75) is 162 Å². The van der Waals surface area contributed by atoms with E-state index in [1.54, 1.807) is 5.57 Å². The molecule has 1 aliphatic heterocycles. The summed E-state index contributed by atoms with van der Waals surface area (Å²) in [5.74, 6) is 4.88. The number of hydrogen-bond donors (Lipinski definition) is 1. The van der Waals surface area contributed by atoms with Crippen molar-refractivity contribution in [3.8, 4) is 0 Å². The van der Waals surface area contributed by atoms with Gasteiger partial charge in [-0.05, 0) is 114 Å². The summed E-state index contributed by atoms with van der Waals surface area (Å²) in [6.07, 6.45) is 12.8. The molecule has 8 rings (SSSR count). The summed E-state index contributed by atoms with van der Waals surface area (Å²) in [6, 6.07) is 30.4. The first kappa shape index (κ1) is 43.8. The third kappa shape index (κ3) is 9.70. The molecule has 4 fully saturated rings. The van der Waals surface area contributed by atoms with Gasteiger partial charge in [-0.15, -0.1) is 0 Å². The number of fused-ring (bicyclic) bond motifs is 5. The molecule has 13 atom stereocenters. The molecule has 3 aromatic rings. The summed E-state index contributed by atoms with van der Waals surface area (Å²) in [5, 5.41) is 12.3. The zero-order valence-corrected chi connectivity index (χ0v) is 37.3. The minimum absolute atomic E-state index is 0.0232. The van der Waals surface area contributed by atoms with Gasteiger partial charge in [0.2, 0.25) is 0 Å². The Bertz CT molecular complexity index is 1800.